The van der Waals surface area contributed by atoms with Gasteiger partial charge in [-0.15, -0.1) is 0 Å². The first kappa shape index (κ1) is 13.6. The third kappa shape index (κ3) is 2.88. The SMILES string of the molecule is O=C(NNC(=O)c1ccc2ccccc2n1)c1cnccn1. The molecule has 2 heterocycles. The summed E-state index contributed by atoms with van der Waals surface area (Å²) in [5, 5.41) is 0.933. The van der Waals surface area contributed by atoms with Crippen molar-refractivity contribution in [3.05, 3.63) is 66.4 Å². The van der Waals surface area contributed by atoms with Gasteiger partial charge in [0.05, 0.1) is 11.7 Å². The second kappa shape index (κ2) is 5.96. The summed E-state index contributed by atoms with van der Waals surface area (Å²) in [7, 11) is 0. The van der Waals surface area contributed by atoms with Gasteiger partial charge in [0.2, 0.25) is 0 Å². The molecule has 0 radical (unpaired) electrons. The van der Waals surface area contributed by atoms with Crippen molar-refractivity contribution in [2.24, 2.45) is 0 Å². The molecule has 108 valence electrons. The van der Waals surface area contributed by atoms with Crippen molar-refractivity contribution in [1.29, 1.82) is 0 Å². The number of carbonyl (C=O) groups is 2. The maximum atomic E-state index is 12.0. The molecule has 0 spiro atoms. The smallest absolute Gasteiger partial charge is 0.266 e. The van der Waals surface area contributed by atoms with Gasteiger partial charge >= 0.3 is 0 Å². The van der Waals surface area contributed by atoms with E-state index in [2.05, 4.69) is 25.8 Å². The summed E-state index contributed by atoms with van der Waals surface area (Å²) in [6.07, 6.45) is 4.14. The summed E-state index contributed by atoms with van der Waals surface area (Å²) in [5.74, 6) is -1.06. The van der Waals surface area contributed by atoms with Gasteiger partial charge in [-0.05, 0) is 12.1 Å². The predicted molar refractivity (Wildman–Crippen MR) is 78.7 cm³/mol. The van der Waals surface area contributed by atoms with E-state index in [0.29, 0.717) is 5.52 Å². The van der Waals surface area contributed by atoms with E-state index in [1.165, 1.54) is 18.6 Å². The van der Waals surface area contributed by atoms with Gasteiger partial charge in [-0.2, -0.15) is 0 Å². The Morgan fingerprint density at radius 3 is 2.41 bits per heavy atom. The van der Waals surface area contributed by atoms with Gasteiger partial charge in [-0.3, -0.25) is 25.4 Å². The average molecular weight is 293 g/mol. The van der Waals surface area contributed by atoms with Gasteiger partial charge < -0.3 is 0 Å². The van der Waals surface area contributed by atoms with Crippen molar-refractivity contribution in [1.82, 2.24) is 25.8 Å². The zero-order valence-corrected chi connectivity index (χ0v) is 11.4. The third-order valence-electron chi connectivity index (χ3n) is 2.92. The Morgan fingerprint density at radius 2 is 1.64 bits per heavy atom. The summed E-state index contributed by atoms with van der Waals surface area (Å²) in [5.41, 5.74) is 5.57. The molecule has 0 atom stereocenters. The fraction of sp³-hybridized carbons (Fsp3) is 0. The Kier molecular flexibility index (Phi) is 3.69. The third-order valence-corrected chi connectivity index (χ3v) is 2.92. The molecule has 0 aliphatic heterocycles. The first-order valence-electron chi connectivity index (χ1n) is 6.46. The van der Waals surface area contributed by atoms with E-state index in [1.54, 1.807) is 12.1 Å². The van der Waals surface area contributed by atoms with Crippen LogP contribution in [0.5, 0.6) is 0 Å². The van der Waals surface area contributed by atoms with Gasteiger partial charge in [0.25, 0.3) is 11.8 Å². The van der Waals surface area contributed by atoms with E-state index < -0.39 is 11.8 Å². The topological polar surface area (TPSA) is 96.9 Å². The van der Waals surface area contributed by atoms with E-state index in [0.717, 1.165) is 5.39 Å². The Morgan fingerprint density at radius 1 is 0.864 bits per heavy atom. The fourth-order valence-electron chi connectivity index (χ4n) is 1.85. The maximum absolute atomic E-state index is 12.0. The van der Waals surface area contributed by atoms with Crippen molar-refractivity contribution < 1.29 is 9.59 Å². The standard InChI is InChI=1S/C15H11N5O2/c21-14(19-20-15(22)13-9-16-7-8-17-13)12-6-5-10-3-1-2-4-11(10)18-12/h1-9H,(H,19,21)(H,20,22). The Hall–Kier alpha value is -3.35. The molecule has 1 aromatic carbocycles. The average Bonchev–Trinajstić information content (AvgIpc) is 2.59. The van der Waals surface area contributed by atoms with Crippen LogP contribution in [-0.4, -0.2) is 26.8 Å². The largest absolute Gasteiger partial charge is 0.289 e. The van der Waals surface area contributed by atoms with Crippen LogP contribution in [0.15, 0.2) is 55.0 Å². The van der Waals surface area contributed by atoms with Crippen molar-refractivity contribution >= 4 is 22.7 Å². The van der Waals surface area contributed by atoms with Crippen LogP contribution in [0.4, 0.5) is 0 Å². The second-order valence-electron chi connectivity index (χ2n) is 4.39. The summed E-state index contributed by atoms with van der Waals surface area (Å²) in [6.45, 7) is 0. The zero-order valence-electron chi connectivity index (χ0n) is 11.4. The lowest BCUT2D eigenvalue weighted by atomic mass is 10.2. The number of hydrazine groups is 1. The molecule has 0 aliphatic rings. The molecule has 0 unspecified atom stereocenters. The molecule has 0 saturated carbocycles. The quantitative estimate of drug-likeness (QED) is 0.690. The number of nitrogens with one attached hydrogen (secondary N) is 2. The van der Waals surface area contributed by atoms with Gasteiger partial charge in [0.1, 0.15) is 11.4 Å². The normalized spacial score (nSPS) is 10.2. The van der Waals surface area contributed by atoms with Crippen molar-refractivity contribution in [3.63, 3.8) is 0 Å². The highest BCUT2D eigenvalue weighted by Crippen LogP contribution is 2.11. The van der Waals surface area contributed by atoms with Gasteiger partial charge in [0.15, 0.2) is 0 Å². The van der Waals surface area contributed by atoms with Crippen LogP contribution in [0, 0.1) is 0 Å². The highest BCUT2D eigenvalue weighted by atomic mass is 16.2. The second-order valence-corrected chi connectivity index (χ2v) is 4.39. The van der Waals surface area contributed by atoms with Crippen LogP contribution in [0.3, 0.4) is 0 Å². The van der Waals surface area contributed by atoms with Crippen molar-refractivity contribution in [2.75, 3.05) is 0 Å². The summed E-state index contributed by atoms with van der Waals surface area (Å²) in [6, 6.07) is 10.8. The molecular formula is C15H11N5O2. The molecule has 2 N–H and O–H groups in total. The molecule has 2 amide bonds. The minimum Gasteiger partial charge on any atom is -0.266 e. The van der Waals surface area contributed by atoms with Gasteiger partial charge in [-0.25, -0.2) is 9.97 Å². The first-order chi connectivity index (χ1) is 10.7. The van der Waals surface area contributed by atoms with Crippen LogP contribution in [0.25, 0.3) is 10.9 Å². The van der Waals surface area contributed by atoms with Crippen LogP contribution in [0.1, 0.15) is 21.0 Å². The molecule has 22 heavy (non-hydrogen) atoms. The zero-order chi connectivity index (χ0) is 15.4. The molecule has 0 bridgehead atoms. The molecule has 3 aromatic rings. The Labute approximate surface area is 125 Å². The number of nitrogens with zero attached hydrogens (tertiary/aromatic N) is 3. The number of para-hydroxylation sites is 1. The number of pyridine rings is 1. The monoisotopic (exact) mass is 293 g/mol. The highest BCUT2D eigenvalue weighted by Gasteiger charge is 2.11. The van der Waals surface area contributed by atoms with E-state index in [1.807, 2.05) is 24.3 Å². The number of hydrogen-bond acceptors (Lipinski definition) is 5. The minimum absolute atomic E-state index is 0.106. The molecule has 7 heteroatoms. The van der Waals surface area contributed by atoms with E-state index >= 15 is 0 Å². The van der Waals surface area contributed by atoms with Crippen LogP contribution in [0.2, 0.25) is 0 Å². The number of rotatable bonds is 2. The molecule has 0 saturated heterocycles. The number of carbonyl (C=O) groups excluding carboxylic acids is 2. The van der Waals surface area contributed by atoms with E-state index in [9.17, 15) is 9.59 Å². The lowest BCUT2D eigenvalue weighted by molar-refractivity contribution is 0.0841. The van der Waals surface area contributed by atoms with Crippen LogP contribution >= 0.6 is 0 Å². The number of benzene rings is 1. The van der Waals surface area contributed by atoms with E-state index in [4.69, 9.17) is 0 Å². The molecule has 0 fully saturated rings. The van der Waals surface area contributed by atoms with Crippen molar-refractivity contribution in [3.8, 4) is 0 Å². The van der Waals surface area contributed by atoms with Crippen molar-refractivity contribution in [2.45, 2.75) is 0 Å². The maximum Gasteiger partial charge on any atom is 0.289 e. The lowest BCUT2D eigenvalue weighted by Crippen LogP contribution is -2.42. The highest BCUT2D eigenvalue weighted by molar-refractivity contribution is 5.98. The van der Waals surface area contributed by atoms with Gasteiger partial charge in [0, 0.05) is 17.8 Å². The van der Waals surface area contributed by atoms with Crippen LogP contribution < -0.4 is 10.9 Å². The summed E-state index contributed by atoms with van der Waals surface area (Å²) in [4.78, 5) is 35.6. The lowest BCUT2D eigenvalue weighted by Gasteiger charge is -2.06. The number of amides is 2. The summed E-state index contributed by atoms with van der Waals surface area (Å²) >= 11 is 0. The molecular weight excluding hydrogens is 282 g/mol. The minimum atomic E-state index is -0.553. The molecule has 2 aromatic heterocycles. The van der Waals surface area contributed by atoms with Gasteiger partial charge in [-0.1, -0.05) is 24.3 Å². The fourth-order valence-corrected chi connectivity index (χ4v) is 1.85. The number of hydrogen-bond donors (Lipinski definition) is 2. The molecule has 0 aliphatic carbocycles. The predicted octanol–water partition coefficient (Wildman–Crippen LogP) is 1.10. The number of fused-ring (bicyclic) bond motifs is 1. The van der Waals surface area contributed by atoms with Crippen LogP contribution in [-0.2, 0) is 0 Å². The molecule has 3 rings (SSSR count). The Balaban J connectivity index is 1.69. The Bertz CT molecular complexity index is 835. The molecule has 7 nitrogen and oxygen atoms in total. The summed E-state index contributed by atoms with van der Waals surface area (Å²) < 4.78 is 0. The number of aromatic nitrogens is 3. The van der Waals surface area contributed by atoms with E-state index in [-0.39, 0.29) is 11.4 Å². The first-order valence-corrected chi connectivity index (χ1v) is 6.46.